The van der Waals surface area contributed by atoms with E-state index in [2.05, 4.69) is 5.32 Å². The number of carbonyl (C=O) groups excluding carboxylic acids is 2. The van der Waals surface area contributed by atoms with Gasteiger partial charge in [-0.05, 0) is 0 Å². The third-order valence-electron chi connectivity index (χ3n) is 2.61. The predicted molar refractivity (Wildman–Crippen MR) is 57.2 cm³/mol. The molecule has 0 radical (unpaired) electrons. The van der Waals surface area contributed by atoms with Gasteiger partial charge in [0, 0.05) is 17.4 Å². The molecule has 1 aliphatic heterocycles. The van der Waals surface area contributed by atoms with Crippen molar-refractivity contribution in [2.24, 2.45) is 5.41 Å². The molecule has 0 spiro atoms. The zero-order valence-electron chi connectivity index (χ0n) is 9.78. The van der Waals surface area contributed by atoms with E-state index in [1.807, 2.05) is 0 Å². The van der Waals surface area contributed by atoms with Crippen molar-refractivity contribution in [3.05, 3.63) is 35.1 Å². The summed E-state index contributed by atoms with van der Waals surface area (Å²) in [6.45, 7) is 3.51. The zero-order valence-corrected chi connectivity index (χ0v) is 14.7. The van der Waals surface area contributed by atoms with Gasteiger partial charge in [-0.15, -0.1) is 5.69 Å². The molecule has 0 fully saturated rings. The van der Waals surface area contributed by atoms with Crippen LogP contribution in [0.3, 0.4) is 0 Å². The monoisotopic (exact) mass is 287 g/mol. The normalized spacial score (nSPS) is 17.9. The summed E-state index contributed by atoms with van der Waals surface area (Å²) in [6, 6.07) is 6.98. The molecular formula is C12H12NO2Rb. The van der Waals surface area contributed by atoms with Gasteiger partial charge in [0.05, 0.1) is 5.91 Å². The number of hydrogen-bond acceptors (Lipinski definition) is 2. The van der Waals surface area contributed by atoms with E-state index in [-0.39, 0.29) is 76.3 Å². The van der Waals surface area contributed by atoms with Crippen molar-refractivity contribution in [2.75, 3.05) is 0 Å². The first kappa shape index (κ1) is 14.2. The first-order valence-electron chi connectivity index (χ1n) is 4.89. The van der Waals surface area contributed by atoms with Crippen LogP contribution >= 0.6 is 0 Å². The van der Waals surface area contributed by atoms with E-state index in [4.69, 9.17) is 0 Å². The van der Waals surface area contributed by atoms with Gasteiger partial charge >= 0.3 is 58.2 Å². The molecular weight excluding hydrogens is 276 g/mol. The molecule has 0 aliphatic carbocycles. The Morgan fingerprint density at radius 2 is 1.81 bits per heavy atom. The molecule has 2 rings (SSSR count). The average Bonchev–Trinajstić information content (AvgIpc) is 2.24. The quantitative estimate of drug-likeness (QED) is 0.665. The first-order chi connectivity index (χ1) is 7.00. The number of carbonyl (C=O) groups is 2. The molecule has 1 amide bonds. The molecule has 1 heterocycles. The molecule has 1 aromatic carbocycles. The van der Waals surface area contributed by atoms with Crippen LogP contribution in [-0.2, 0) is 4.79 Å². The second-order valence-corrected chi connectivity index (χ2v) is 4.42. The maximum Gasteiger partial charge on any atom is 1.00 e. The van der Waals surface area contributed by atoms with Crippen LogP contribution in [0.1, 0.15) is 30.6 Å². The third kappa shape index (κ3) is 2.70. The minimum absolute atomic E-state index is 0. The summed E-state index contributed by atoms with van der Waals surface area (Å²) in [7, 11) is 0. The fourth-order valence-electron chi connectivity index (χ4n) is 1.64. The summed E-state index contributed by atoms with van der Waals surface area (Å²) >= 11 is 0. The van der Waals surface area contributed by atoms with Crippen molar-refractivity contribution in [2.45, 2.75) is 20.3 Å². The number of benzene rings is 1. The maximum absolute atomic E-state index is 11.9. The molecule has 1 aromatic rings. The van der Waals surface area contributed by atoms with Crippen LogP contribution in [0.15, 0.2) is 24.3 Å². The van der Waals surface area contributed by atoms with Crippen LogP contribution in [0.25, 0.3) is 5.32 Å². The third-order valence-corrected chi connectivity index (χ3v) is 2.61. The van der Waals surface area contributed by atoms with Crippen molar-refractivity contribution < 1.29 is 67.8 Å². The standard InChI is InChI=1S/C12H13NO2.Rb/c1-12(2)7-10(14)8-5-3-4-6-9(8)13-11(12)15;/h3-6H,7H2,1-2H3,(H,13,14,15);/q;+1/p-1. The molecule has 0 unspecified atom stereocenters. The largest absolute Gasteiger partial charge is 1.00 e. The Bertz CT molecular complexity index is 440. The van der Waals surface area contributed by atoms with Crippen molar-refractivity contribution in [1.29, 1.82) is 0 Å². The van der Waals surface area contributed by atoms with Crippen LogP contribution in [0, 0.1) is 5.41 Å². The molecule has 1 aliphatic rings. The number of rotatable bonds is 0. The SMILES string of the molecule is CC1(C)CC(=O)c2ccccc2[N-]C1=O.[Rb+]. The molecule has 4 heteroatoms. The molecule has 16 heavy (non-hydrogen) atoms. The summed E-state index contributed by atoms with van der Waals surface area (Å²) in [5.41, 5.74) is 0.366. The predicted octanol–water partition coefficient (Wildman–Crippen LogP) is -0.165. The van der Waals surface area contributed by atoms with E-state index in [1.165, 1.54) is 0 Å². The summed E-state index contributed by atoms with van der Waals surface area (Å²) in [6.07, 6.45) is 0.229. The fraction of sp³-hybridized carbons (Fsp3) is 0.333. The second kappa shape index (κ2) is 5.21. The molecule has 78 valence electrons. The Morgan fingerprint density at radius 1 is 1.19 bits per heavy atom. The zero-order chi connectivity index (χ0) is 11.1. The van der Waals surface area contributed by atoms with Crippen LogP contribution < -0.4 is 58.2 Å². The summed E-state index contributed by atoms with van der Waals surface area (Å²) < 4.78 is 0. The van der Waals surface area contributed by atoms with Crippen LogP contribution in [0.4, 0.5) is 5.69 Å². The number of para-hydroxylation sites is 1. The Labute approximate surface area is 144 Å². The number of Topliss-reactive ketones (excluding diaryl/α,β-unsaturated/α-hetero) is 1. The van der Waals surface area contributed by atoms with Crippen LogP contribution in [-0.4, -0.2) is 11.7 Å². The Hall–Kier alpha value is 0.165. The van der Waals surface area contributed by atoms with Gasteiger partial charge in [-0.25, -0.2) is 0 Å². The second-order valence-electron chi connectivity index (χ2n) is 4.42. The van der Waals surface area contributed by atoms with E-state index in [0.29, 0.717) is 11.3 Å². The van der Waals surface area contributed by atoms with Gasteiger partial charge in [-0.3, -0.25) is 4.79 Å². The van der Waals surface area contributed by atoms with Crippen molar-refractivity contribution in [3.8, 4) is 0 Å². The minimum Gasteiger partial charge on any atom is -0.626 e. The van der Waals surface area contributed by atoms with Gasteiger partial charge in [0.15, 0.2) is 5.78 Å². The topological polar surface area (TPSA) is 48.2 Å². The van der Waals surface area contributed by atoms with Crippen LogP contribution in [0.2, 0.25) is 0 Å². The minimum atomic E-state index is -0.684. The van der Waals surface area contributed by atoms with Gasteiger partial charge in [-0.1, -0.05) is 38.1 Å². The smallest absolute Gasteiger partial charge is 0.626 e. The van der Waals surface area contributed by atoms with E-state index in [9.17, 15) is 9.59 Å². The molecule has 0 bridgehead atoms. The number of amides is 1. The molecule has 3 nitrogen and oxygen atoms in total. The summed E-state index contributed by atoms with van der Waals surface area (Å²) in [4.78, 5) is 23.6. The first-order valence-corrected chi connectivity index (χ1v) is 4.89. The molecule has 0 N–H and O–H groups in total. The van der Waals surface area contributed by atoms with Gasteiger partial charge in [0.2, 0.25) is 0 Å². The summed E-state index contributed by atoms with van der Waals surface area (Å²) in [5.74, 6) is -0.231. The van der Waals surface area contributed by atoms with Crippen molar-refractivity contribution in [1.82, 2.24) is 0 Å². The van der Waals surface area contributed by atoms with E-state index in [0.717, 1.165) is 0 Å². The van der Waals surface area contributed by atoms with Crippen molar-refractivity contribution in [3.63, 3.8) is 0 Å². The average molecular weight is 288 g/mol. The van der Waals surface area contributed by atoms with Gasteiger partial charge in [0.1, 0.15) is 0 Å². The van der Waals surface area contributed by atoms with Crippen LogP contribution in [0.5, 0.6) is 0 Å². The van der Waals surface area contributed by atoms with Gasteiger partial charge in [-0.2, -0.15) is 0 Å². The maximum atomic E-state index is 11.9. The Kier molecular flexibility index (Phi) is 4.63. The van der Waals surface area contributed by atoms with E-state index in [1.54, 1.807) is 38.1 Å². The van der Waals surface area contributed by atoms with E-state index >= 15 is 0 Å². The fourth-order valence-corrected chi connectivity index (χ4v) is 1.64. The number of nitrogens with zero attached hydrogens (tertiary/aromatic N) is 1. The Morgan fingerprint density at radius 3 is 2.50 bits per heavy atom. The molecule has 0 atom stereocenters. The van der Waals surface area contributed by atoms with Crippen molar-refractivity contribution >= 4 is 17.4 Å². The molecule has 0 saturated carbocycles. The number of fused-ring (bicyclic) bond motifs is 1. The van der Waals surface area contributed by atoms with Gasteiger partial charge in [0.25, 0.3) is 0 Å². The Balaban J connectivity index is 0.00000128. The number of hydrogen-bond donors (Lipinski definition) is 0. The molecule has 0 aromatic heterocycles. The van der Waals surface area contributed by atoms with Gasteiger partial charge < -0.3 is 10.1 Å². The number of ketones is 1. The van der Waals surface area contributed by atoms with E-state index < -0.39 is 5.41 Å². The summed E-state index contributed by atoms with van der Waals surface area (Å²) in [5, 5.41) is 3.98. The molecule has 0 saturated heterocycles.